The number of anilines is 1. The molecular weight excluding hydrogens is 266 g/mol. The quantitative estimate of drug-likeness (QED) is 0.881. The van der Waals surface area contributed by atoms with Gasteiger partial charge in [-0.05, 0) is 18.1 Å². The first-order valence-electron chi connectivity index (χ1n) is 6.95. The third kappa shape index (κ3) is 3.59. The number of aromatic nitrogens is 3. The fraction of sp³-hybridized carbons (Fsp3) is 0.400. The lowest BCUT2D eigenvalue weighted by molar-refractivity contribution is 0.0949. The van der Waals surface area contributed by atoms with Crippen LogP contribution in [-0.2, 0) is 13.6 Å². The van der Waals surface area contributed by atoms with Gasteiger partial charge in [0, 0.05) is 37.7 Å². The Balaban J connectivity index is 2.14. The summed E-state index contributed by atoms with van der Waals surface area (Å²) >= 11 is 0. The van der Waals surface area contributed by atoms with E-state index < -0.39 is 0 Å². The lowest BCUT2D eigenvalue weighted by atomic mass is 10.1. The van der Waals surface area contributed by atoms with E-state index in [0.29, 0.717) is 17.9 Å². The van der Waals surface area contributed by atoms with Crippen LogP contribution in [0.25, 0.3) is 0 Å². The van der Waals surface area contributed by atoms with Gasteiger partial charge < -0.3 is 15.2 Å². The highest BCUT2D eigenvalue weighted by Crippen LogP contribution is 2.17. The summed E-state index contributed by atoms with van der Waals surface area (Å²) in [5, 5.41) is 5.87. The molecule has 0 aromatic carbocycles. The summed E-state index contributed by atoms with van der Waals surface area (Å²) in [6.45, 7) is 4.51. The van der Waals surface area contributed by atoms with E-state index in [9.17, 15) is 4.79 Å². The summed E-state index contributed by atoms with van der Waals surface area (Å²) in [6, 6.07) is 3.58. The van der Waals surface area contributed by atoms with Gasteiger partial charge in [-0.3, -0.25) is 4.79 Å². The van der Waals surface area contributed by atoms with Crippen LogP contribution in [0.5, 0.6) is 0 Å². The van der Waals surface area contributed by atoms with Crippen molar-refractivity contribution in [2.45, 2.75) is 26.3 Å². The van der Waals surface area contributed by atoms with Crippen LogP contribution in [0, 0.1) is 0 Å². The highest BCUT2D eigenvalue weighted by Gasteiger charge is 2.12. The SMILES string of the molecule is CNc1cc(C(=O)NCc2nccn2C)cc(C(C)C)n1. The van der Waals surface area contributed by atoms with Crippen LogP contribution >= 0.6 is 0 Å². The van der Waals surface area contributed by atoms with E-state index in [4.69, 9.17) is 0 Å². The van der Waals surface area contributed by atoms with Gasteiger partial charge in [-0.2, -0.15) is 0 Å². The van der Waals surface area contributed by atoms with Crippen molar-refractivity contribution >= 4 is 11.7 Å². The zero-order valence-corrected chi connectivity index (χ0v) is 12.8. The molecule has 0 bridgehead atoms. The van der Waals surface area contributed by atoms with Gasteiger partial charge in [0.25, 0.3) is 5.91 Å². The van der Waals surface area contributed by atoms with Gasteiger partial charge in [0.2, 0.25) is 0 Å². The molecule has 6 heteroatoms. The number of aryl methyl sites for hydroxylation is 1. The monoisotopic (exact) mass is 287 g/mol. The van der Waals surface area contributed by atoms with E-state index in [1.54, 1.807) is 19.3 Å². The van der Waals surface area contributed by atoms with Gasteiger partial charge in [0.1, 0.15) is 11.6 Å². The molecule has 0 radical (unpaired) electrons. The van der Waals surface area contributed by atoms with Gasteiger partial charge in [0.15, 0.2) is 0 Å². The van der Waals surface area contributed by atoms with Gasteiger partial charge >= 0.3 is 0 Å². The van der Waals surface area contributed by atoms with Crippen molar-refractivity contribution in [3.8, 4) is 0 Å². The number of amides is 1. The van der Waals surface area contributed by atoms with E-state index in [0.717, 1.165) is 11.5 Å². The molecule has 0 aliphatic carbocycles. The molecule has 0 saturated carbocycles. The number of pyridine rings is 1. The second kappa shape index (κ2) is 6.39. The van der Waals surface area contributed by atoms with Crippen LogP contribution < -0.4 is 10.6 Å². The van der Waals surface area contributed by atoms with Crippen LogP contribution in [0.1, 0.15) is 41.6 Å². The van der Waals surface area contributed by atoms with E-state index >= 15 is 0 Å². The fourth-order valence-corrected chi connectivity index (χ4v) is 1.94. The van der Waals surface area contributed by atoms with Crippen LogP contribution in [0.15, 0.2) is 24.5 Å². The second-order valence-corrected chi connectivity index (χ2v) is 5.21. The Bertz CT molecular complexity index is 633. The molecule has 2 rings (SSSR count). The molecule has 0 fully saturated rings. The molecule has 2 heterocycles. The predicted molar refractivity (Wildman–Crippen MR) is 82.3 cm³/mol. The number of carbonyl (C=O) groups is 1. The summed E-state index contributed by atoms with van der Waals surface area (Å²) in [7, 11) is 3.69. The molecule has 2 aromatic heterocycles. The Labute approximate surface area is 124 Å². The Morgan fingerprint density at radius 2 is 2.14 bits per heavy atom. The molecule has 2 aromatic rings. The van der Waals surface area contributed by atoms with Gasteiger partial charge in [-0.25, -0.2) is 9.97 Å². The van der Waals surface area contributed by atoms with Gasteiger partial charge in [-0.1, -0.05) is 13.8 Å². The number of imidazole rings is 1. The van der Waals surface area contributed by atoms with Crippen molar-refractivity contribution in [2.24, 2.45) is 7.05 Å². The molecule has 21 heavy (non-hydrogen) atoms. The summed E-state index contributed by atoms with van der Waals surface area (Å²) in [5.41, 5.74) is 1.50. The third-order valence-corrected chi connectivity index (χ3v) is 3.28. The van der Waals surface area contributed by atoms with E-state index in [1.165, 1.54) is 0 Å². The maximum atomic E-state index is 12.3. The fourth-order valence-electron chi connectivity index (χ4n) is 1.94. The lowest BCUT2D eigenvalue weighted by Gasteiger charge is -2.11. The van der Waals surface area contributed by atoms with Crippen molar-refractivity contribution in [1.29, 1.82) is 0 Å². The van der Waals surface area contributed by atoms with Crippen molar-refractivity contribution in [2.75, 3.05) is 12.4 Å². The van der Waals surface area contributed by atoms with Crippen molar-refractivity contribution in [1.82, 2.24) is 19.9 Å². The molecule has 0 aliphatic rings. The second-order valence-electron chi connectivity index (χ2n) is 5.21. The molecule has 112 valence electrons. The van der Waals surface area contributed by atoms with Gasteiger partial charge in [0.05, 0.1) is 6.54 Å². The molecule has 6 nitrogen and oxygen atoms in total. The Morgan fingerprint density at radius 1 is 1.38 bits per heavy atom. The number of carbonyl (C=O) groups excluding carboxylic acids is 1. The maximum Gasteiger partial charge on any atom is 0.251 e. The summed E-state index contributed by atoms with van der Waals surface area (Å²) in [5.74, 6) is 1.65. The number of rotatable bonds is 5. The Morgan fingerprint density at radius 3 is 2.71 bits per heavy atom. The summed E-state index contributed by atoms with van der Waals surface area (Å²) in [6.07, 6.45) is 3.56. The zero-order chi connectivity index (χ0) is 15.4. The number of hydrogen-bond acceptors (Lipinski definition) is 4. The average molecular weight is 287 g/mol. The predicted octanol–water partition coefficient (Wildman–Crippen LogP) is 1.91. The van der Waals surface area contributed by atoms with Crippen molar-refractivity contribution < 1.29 is 4.79 Å². The van der Waals surface area contributed by atoms with Crippen molar-refractivity contribution in [3.63, 3.8) is 0 Å². The average Bonchev–Trinajstić information content (AvgIpc) is 2.89. The highest BCUT2D eigenvalue weighted by atomic mass is 16.1. The molecule has 0 aliphatic heterocycles. The minimum absolute atomic E-state index is 0.126. The molecule has 2 N–H and O–H groups in total. The molecular formula is C15H21N5O. The summed E-state index contributed by atoms with van der Waals surface area (Å²) < 4.78 is 1.88. The normalized spacial score (nSPS) is 10.7. The van der Waals surface area contributed by atoms with Crippen LogP contribution in [-0.4, -0.2) is 27.5 Å². The topological polar surface area (TPSA) is 71.8 Å². The zero-order valence-electron chi connectivity index (χ0n) is 12.8. The largest absolute Gasteiger partial charge is 0.373 e. The molecule has 1 amide bonds. The van der Waals surface area contributed by atoms with Crippen LogP contribution in [0.3, 0.4) is 0 Å². The first kappa shape index (κ1) is 15.0. The first-order valence-corrected chi connectivity index (χ1v) is 6.95. The Kier molecular flexibility index (Phi) is 4.57. The molecule has 0 atom stereocenters. The summed E-state index contributed by atoms with van der Waals surface area (Å²) in [4.78, 5) is 20.9. The van der Waals surface area contributed by atoms with Crippen molar-refractivity contribution in [3.05, 3.63) is 41.6 Å². The third-order valence-electron chi connectivity index (χ3n) is 3.28. The highest BCUT2D eigenvalue weighted by molar-refractivity contribution is 5.94. The van der Waals surface area contributed by atoms with Crippen LogP contribution in [0.4, 0.5) is 5.82 Å². The van der Waals surface area contributed by atoms with Gasteiger partial charge in [-0.15, -0.1) is 0 Å². The molecule has 0 unspecified atom stereocenters. The number of hydrogen-bond donors (Lipinski definition) is 2. The van der Waals surface area contributed by atoms with E-state index in [2.05, 4.69) is 34.4 Å². The maximum absolute atomic E-state index is 12.3. The standard InChI is InChI=1S/C15H21N5O/c1-10(2)12-7-11(8-13(16-3)19-12)15(21)18-9-14-17-5-6-20(14)4/h5-8,10H,9H2,1-4H3,(H,16,19)(H,18,21). The van der Waals surface area contributed by atoms with Crippen LogP contribution in [0.2, 0.25) is 0 Å². The minimum atomic E-state index is -0.126. The number of nitrogens with zero attached hydrogens (tertiary/aromatic N) is 3. The van der Waals surface area contributed by atoms with E-state index in [-0.39, 0.29) is 11.8 Å². The molecule has 0 spiro atoms. The minimum Gasteiger partial charge on any atom is -0.373 e. The lowest BCUT2D eigenvalue weighted by Crippen LogP contribution is -2.24. The number of nitrogens with one attached hydrogen (secondary N) is 2. The molecule has 0 saturated heterocycles. The smallest absolute Gasteiger partial charge is 0.251 e. The Hall–Kier alpha value is -2.37. The van der Waals surface area contributed by atoms with E-state index in [1.807, 2.05) is 23.9 Å². The first-order chi connectivity index (χ1) is 10.0.